The van der Waals surface area contributed by atoms with E-state index in [0.29, 0.717) is 16.4 Å². The molecular formula is C20H22ClN3O6S. The number of hydrogen-bond acceptors (Lipinski definition) is 6. The zero-order valence-electron chi connectivity index (χ0n) is 17.1. The Morgan fingerprint density at radius 1 is 1.00 bits per heavy atom. The molecule has 2 N–H and O–H groups in total. The summed E-state index contributed by atoms with van der Waals surface area (Å²) < 4.78 is 30.9. The third kappa shape index (κ3) is 7.06. The van der Waals surface area contributed by atoms with Crippen LogP contribution in [0.3, 0.4) is 0 Å². The highest BCUT2D eigenvalue weighted by atomic mass is 35.5. The van der Waals surface area contributed by atoms with Gasteiger partial charge in [0.2, 0.25) is 15.9 Å². The molecule has 9 nitrogen and oxygen atoms in total. The molecule has 0 aliphatic rings. The minimum absolute atomic E-state index is 0.0271. The first-order valence-corrected chi connectivity index (χ1v) is 10.9. The van der Waals surface area contributed by atoms with E-state index in [1.165, 1.54) is 45.2 Å². The summed E-state index contributed by atoms with van der Waals surface area (Å²) in [4.78, 5) is 35.4. The van der Waals surface area contributed by atoms with Crippen LogP contribution in [-0.4, -0.2) is 50.2 Å². The fourth-order valence-electron chi connectivity index (χ4n) is 2.43. The molecule has 0 fully saturated rings. The van der Waals surface area contributed by atoms with E-state index in [2.05, 4.69) is 10.6 Å². The fraction of sp³-hybridized carbons (Fsp3) is 0.250. The van der Waals surface area contributed by atoms with Gasteiger partial charge in [-0.25, -0.2) is 8.42 Å². The lowest BCUT2D eigenvalue weighted by atomic mass is 10.2. The molecule has 2 aromatic carbocycles. The predicted molar refractivity (Wildman–Crippen MR) is 116 cm³/mol. The Morgan fingerprint density at radius 2 is 1.52 bits per heavy atom. The number of likely N-dealkylation sites (N-methyl/N-ethyl adjacent to an activating group) is 1. The smallest absolute Gasteiger partial charge is 0.322 e. The van der Waals surface area contributed by atoms with Gasteiger partial charge >= 0.3 is 5.97 Å². The van der Waals surface area contributed by atoms with Crippen LogP contribution in [0.25, 0.3) is 0 Å². The van der Waals surface area contributed by atoms with E-state index >= 15 is 0 Å². The molecule has 11 heteroatoms. The SMILES string of the molecule is CC(=O)Nc1ccc(NC(=O)[C@H](C)OC(=O)CN(C)S(=O)(=O)c2ccc(Cl)cc2)cc1. The van der Waals surface area contributed by atoms with Gasteiger partial charge in [0.05, 0.1) is 4.90 Å². The highest BCUT2D eigenvalue weighted by molar-refractivity contribution is 7.89. The summed E-state index contributed by atoms with van der Waals surface area (Å²) >= 11 is 5.76. The van der Waals surface area contributed by atoms with Crippen molar-refractivity contribution in [2.24, 2.45) is 0 Å². The quantitative estimate of drug-likeness (QED) is 0.575. The maximum absolute atomic E-state index is 12.5. The van der Waals surface area contributed by atoms with Crippen molar-refractivity contribution in [1.29, 1.82) is 0 Å². The second kappa shape index (κ2) is 10.4. The van der Waals surface area contributed by atoms with Gasteiger partial charge in [0.1, 0.15) is 6.54 Å². The summed E-state index contributed by atoms with van der Waals surface area (Å²) in [5.41, 5.74) is 0.999. The number of rotatable bonds is 8. The summed E-state index contributed by atoms with van der Waals surface area (Å²) in [5, 5.41) is 5.55. The van der Waals surface area contributed by atoms with E-state index in [0.717, 1.165) is 4.31 Å². The molecular weight excluding hydrogens is 446 g/mol. The van der Waals surface area contributed by atoms with E-state index < -0.39 is 34.5 Å². The average molecular weight is 468 g/mol. The molecule has 2 aromatic rings. The minimum atomic E-state index is -3.92. The Hall–Kier alpha value is -2.95. The van der Waals surface area contributed by atoms with Crippen LogP contribution < -0.4 is 10.6 Å². The number of amides is 2. The third-order valence-electron chi connectivity index (χ3n) is 4.02. The Labute approximate surface area is 185 Å². The van der Waals surface area contributed by atoms with Crippen molar-refractivity contribution in [2.75, 3.05) is 24.2 Å². The van der Waals surface area contributed by atoms with Crippen LogP contribution in [0.2, 0.25) is 5.02 Å². The van der Waals surface area contributed by atoms with Crippen molar-refractivity contribution in [1.82, 2.24) is 4.31 Å². The van der Waals surface area contributed by atoms with Gasteiger partial charge in [0.25, 0.3) is 5.91 Å². The first-order valence-electron chi connectivity index (χ1n) is 9.09. The van der Waals surface area contributed by atoms with Gasteiger partial charge in [0.15, 0.2) is 6.10 Å². The van der Waals surface area contributed by atoms with Gasteiger partial charge in [-0.05, 0) is 55.5 Å². The standard InChI is InChI=1S/C20H22ClN3O6S/c1-13(20(27)23-17-8-6-16(7-9-17)22-14(2)25)30-19(26)12-24(3)31(28,29)18-10-4-15(21)5-11-18/h4-11,13H,12H2,1-3H3,(H,22,25)(H,23,27)/t13-/m0/s1. The first kappa shape index (κ1) is 24.3. The van der Waals surface area contributed by atoms with Crippen LogP contribution in [0.5, 0.6) is 0 Å². The lowest BCUT2D eigenvalue weighted by molar-refractivity contribution is -0.153. The minimum Gasteiger partial charge on any atom is -0.452 e. The van der Waals surface area contributed by atoms with Crippen LogP contribution >= 0.6 is 11.6 Å². The van der Waals surface area contributed by atoms with Crippen molar-refractivity contribution >= 4 is 50.8 Å². The van der Waals surface area contributed by atoms with Gasteiger partial charge in [0, 0.05) is 30.4 Å². The highest BCUT2D eigenvalue weighted by Gasteiger charge is 2.25. The summed E-state index contributed by atoms with van der Waals surface area (Å²) in [6.07, 6.45) is -1.16. The Kier molecular flexibility index (Phi) is 8.14. The molecule has 166 valence electrons. The zero-order valence-corrected chi connectivity index (χ0v) is 18.7. The molecule has 0 unspecified atom stereocenters. The van der Waals surface area contributed by atoms with Gasteiger partial charge < -0.3 is 15.4 Å². The van der Waals surface area contributed by atoms with E-state index in [-0.39, 0.29) is 10.8 Å². The molecule has 0 aliphatic heterocycles. The Morgan fingerprint density at radius 3 is 2.03 bits per heavy atom. The number of nitrogens with one attached hydrogen (secondary N) is 2. The third-order valence-corrected chi connectivity index (χ3v) is 6.09. The molecule has 0 heterocycles. The van der Waals surface area contributed by atoms with Crippen molar-refractivity contribution < 1.29 is 27.5 Å². The van der Waals surface area contributed by atoms with Crippen molar-refractivity contribution in [2.45, 2.75) is 24.8 Å². The van der Waals surface area contributed by atoms with E-state index in [1.54, 1.807) is 24.3 Å². The van der Waals surface area contributed by atoms with E-state index in [4.69, 9.17) is 16.3 Å². The number of nitrogens with zero attached hydrogens (tertiary/aromatic N) is 1. The zero-order chi connectivity index (χ0) is 23.2. The molecule has 0 saturated carbocycles. The summed E-state index contributed by atoms with van der Waals surface area (Å²) in [6.45, 7) is 2.17. The monoisotopic (exact) mass is 467 g/mol. The van der Waals surface area contributed by atoms with Gasteiger partial charge in [-0.2, -0.15) is 4.31 Å². The van der Waals surface area contributed by atoms with Crippen LogP contribution in [-0.2, 0) is 29.1 Å². The summed E-state index contributed by atoms with van der Waals surface area (Å²) in [5.74, 6) is -1.70. The number of halogens is 1. The van der Waals surface area contributed by atoms with Gasteiger partial charge in [-0.15, -0.1) is 0 Å². The number of benzene rings is 2. The van der Waals surface area contributed by atoms with E-state index in [1.807, 2.05) is 0 Å². The van der Waals surface area contributed by atoms with Crippen molar-refractivity contribution in [3.05, 3.63) is 53.6 Å². The number of carbonyl (C=O) groups excluding carboxylic acids is 3. The molecule has 0 radical (unpaired) electrons. The number of sulfonamides is 1. The molecule has 0 aromatic heterocycles. The van der Waals surface area contributed by atoms with Crippen molar-refractivity contribution in [3.63, 3.8) is 0 Å². The number of anilines is 2. The molecule has 0 bridgehead atoms. The molecule has 0 spiro atoms. The average Bonchev–Trinajstić information content (AvgIpc) is 2.69. The fourth-order valence-corrected chi connectivity index (χ4v) is 3.67. The Balaban J connectivity index is 1.91. The van der Waals surface area contributed by atoms with Crippen LogP contribution in [0, 0.1) is 0 Å². The summed E-state index contributed by atoms with van der Waals surface area (Å²) in [6, 6.07) is 11.9. The number of hydrogen-bond donors (Lipinski definition) is 2. The van der Waals surface area contributed by atoms with E-state index in [9.17, 15) is 22.8 Å². The second-order valence-electron chi connectivity index (χ2n) is 6.59. The number of ether oxygens (including phenoxy) is 1. The van der Waals surface area contributed by atoms with Gasteiger partial charge in [-0.1, -0.05) is 11.6 Å². The molecule has 31 heavy (non-hydrogen) atoms. The van der Waals surface area contributed by atoms with Crippen LogP contribution in [0.1, 0.15) is 13.8 Å². The second-order valence-corrected chi connectivity index (χ2v) is 9.08. The Bertz CT molecular complexity index is 1060. The lowest BCUT2D eigenvalue weighted by Crippen LogP contribution is -2.37. The predicted octanol–water partition coefficient (Wildman–Crippen LogP) is 2.49. The number of esters is 1. The maximum atomic E-state index is 12.5. The highest BCUT2D eigenvalue weighted by Crippen LogP contribution is 2.18. The van der Waals surface area contributed by atoms with Gasteiger partial charge in [-0.3, -0.25) is 14.4 Å². The van der Waals surface area contributed by atoms with Crippen molar-refractivity contribution in [3.8, 4) is 0 Å². The maximum Gasteiger partial charge on any atom is 0.322 e. The summed E-state index contributed by atoms with van der Waals surface area (Å²) in [7, 11) is -2.70. The van der Waals surface area contributed by atoms with Crippen LogP contribution in [0.4, 0.5) is 11.4 Å². The van der Waals surface area contributed by atoms with Crippen LogP contribution in [0.15, 0.2) is 53.4 Å². The first-order chi connectivity index (χ1) is 14.5. The molecule has 1 atom stereocenters. The molecule has 0 saturated heterocycles. The molecule has 2 rings (SSSR count). The molecule has 0 aliphatic carbocycles. The largest absolute Gasteiger partial charge is 0.452 e. The normalized spacial score (nSPS) is 12.2. The molecule has 2 amide bonds. The lowest BCUT2D eigenvalue weighted by Gasteiger charge is -2.18. The topological polar surface area (TPSA) is 122 Å². The number of carbonyl (C=O) groups is 3.